The highest BCUT2D eigenvalue weighted by Crippen LogP contribution is 2.41. The van der Waals surface area contributed by atoms with Crippen molar-refractivity contribution in [2.45, 2.75) is 44.7 Å². The summed E-state index contributed by atoms with van der Waals surface area (Å²) >= 11 is 1.22. The van der Waals surface area contributed by atoms with Crippen LogP contribution in [0.4, 0.5) is 19.4 Å². The fourth-order valence-corrected chi connectivity index (χ4v) is 6.28. The maximum Gasteiger partial charge on any atom is 0.418 e. The lowest BCUT2D eigenvalue weighted by atomic mass is 9.82. The van der Waals surface area contributed by atoms with Crippen LogP contribution in [0.2, 0.25) is 0 Å². The zero-order valence-corrected chi connectivity index (χ0v) is 30.9. The Morgan fingerprint density at radius 1 is 1.20 bits per heavy atom. The lowest BCUT2D eigenvalue weighted by Crippen LogP contribution is -3.00. The number of nitrogens with zero attached hydrogens (tertiary/aromatic N) is 7. The highest BCUT2D eigenvalue weighted by atomic mass is 127. The molecule has 268 valence electrons. The lowest BCUT2D eigenvalue weighted by Gasteiger charge is -2.32. The van der Waals surface area contributed by atoms with Crippen LogP contribution in [0.3, 0.4) is 0 Å². The molecule has 19 heteroatoms. The van der Waals surface area contributed by atoms with Gasteiger partial charge in [-0.25, -0.2) is 27.7 Å². The number of halogens is 3. The SMILES string of the molecule is CC(OC(=O)N(C)c1ncccc1COS(=O)(=O)O)[n+]1cnn(C[C@](O)(c2cc(F)ccc2F)[C@@H](C)c2nc(-c3ccc(C#N)cc3)cs2)c1.[I-]. The highest BCUT2D eigenvalue weighted by Gasteiger charge is 2.43. The monoisotopic (exact) mass is 853 g/mol. The van der Waals surface area contributed by atoms with E-state index in [1.165, 1.54) is 65.5 Å². The zero-order chi connectivity index (χ0) is 36.2. The number of hydrogen-bond donors (Lipinski definition) is 2. The van der Waals surface area contributed by atoms with Gasteiger partial charge >= 0.3 is 16.5 Å². The number of carbonyl (C=O) groups is 1. The van der Waals surface area contributed by atoms with Gasteiger partial charge in [0.25, 0.3) is 6.33 Å². The molecule has 3 atom stereocenters. The van der Waals surface area contributed by atoms with E-state index in [4.69, 9.17) is 14.6 Å². The van der Waals surface area contributed by atoms with Gasteiger partial charge in [-0.1, -0.05) is 25.1 Å². The molecular formula is C32H30F2IN7O7S2. The molecule has 0 fully saturated rings. The van der Waals surface area contributed by atoms with Crippen molar-refractivity contribution in [1.82, 2.24) is 19.7 Å². The third kappa shape index (κ3) is 9.26. The summed E-state index contributed by atoms with van der Waals surface area (Å²) in [5.74, 6) is -2.47. The number of benzene rings is 2. The summed E-state index contributed by atoms with van der Waals surface area (Å²) in [4.78, 5) is 22.8. The summed E-state index contributed by atoms with van der Waals surface area (Å²) in [5, 5.41) is 27.8. The molecule has 51 heavy (non-hydrogen) atoms. The standard InChI is InChI=1S/C32H29F2N7O7S2.HI/c1-20(30-38-28(16-49-30)23-8-6-22(14-35)7-9-23)32(43,26-13-25(33)10-11-27(26)34)17-41-19-40(18-37-41)21(2)48-31(42)39(3)29-24(5-4-12-36-29)15-47-50(44,45)46;/h4-13,16,18-21,43H,15,17H2,1-3H3;1H/t20-,21?,32+;/m0./s1. The van der Waals surface area contributed by atoms with E-state index in [9.17, 15) is 22.7 Å². The minimum absolute atomic E-state index is 0. The summed E-state index contributed by atoms with van der Waals surface area (Å²) in [6, 6.07) is 14.6. The zero-order valence-electron chi connectivity index (χ0n) is 27.1. The van der Waals surface area contributed by atoms with Crippen molar-refractivity contribution in [3.05, 3.63) is 112 Å². The number of pyridine rings is 1. The number of carbonyl (C=O) groups excluding carboxylic acids is 1. The Bertz CT molecular complexity index is 2160. The lowest BCUT2D eigenvalue weighted by molar-refractivity contribution is -0.753. The molecule has 3 heterocycles. The van der Waals surface area contributed by atoms with Gasteiger partial charge in [0.1, 0.15) is 29.6 Å². The maximum absolute atomic E-state index is 15.3. The van der Waals surface area contributed by atoms with Crippen molar-refractivity contribution in [2.24, 2.45) is 0 Å². The van der Waals surface area contributed by atoms with Gasteiger partial charge in [-0.15, -0.1) is 16.0 Å². The van der Waals surface area contributed by atoms with Crippen LogP contribution in [-0.2, 0) is 38.1 Å². The fraction of sp³-hybridized carbons (Fsp3) is 0.250. The quantitative estimate of drug-likeness (QED) is 0.106. The summed E-state index contributed by atoms with van der Waals surface area (Å²) < 4.78 is 73.4. The Morgan fingerprint density at radius 3 is 2.61 bits per heavy atom. The van der Waals surface area contributed by atoms with Gasteiger partial charge in [-0.2, -0.15) is 18.2 Å². The third-order valence-corrected chi connectivity index (χ3v) is 9.27. The minimum atomic E-state index is -4.75. The molecule has 0 radical (unpaired) electrons. The Labute approximate surface area is 312 Å². The van der Waals surface area contributed by atoms with E-state index in [0.717, 1.165) is 28.7 Å². The number of rotatable bonds is 12. The molecule has 0 saturated heterocycles. The Morgan fingerprint density at radius 2 is 1.92 bits per heavy atom. The number of aromatic nitrogens is 5. The van der Waals surface area contributed by atoms with Gasteiger partial charge < -0.3 is 33.8 Å². The van der Waals surface area contributed by atoms with Gasteiger partial charge in [-0.05, 0) is 36.4 Å². The van der Waals surface area contributed by atoms with Crippen molar-refractivity contribution in [1.29, 1.82) is 5.26 Å². The van der Waals surface area contributed by atoms with E-state index < -0.39 is 52.5 Å². The molecule has 0 aliphatic rings. The normalized spacial score (nSPS) is 13.7. The largest absolute Gasteiger partial charge is 1.00 e. The molecule has 2 N–H and O–H groups in total. The summed E-state index contributed by atoms with van der Waals surface area (Å²) in [6.45, 7) is 2.21. The predicted octanol–water partition coefficient (Wildman–Crippen LogP) is 1.65. The average Bonchev–Trinajstić information content (AvgIpc) is 3.78. The molecule has 1 amide bonds. The first kappa shape index (κ1) is 39.3. The van der Waals surface area contributed by atoms with Crippen LogP contribution in [-0.4, -0.2) is 51.0 Å². The van der Waals surface area contributed by atoms with Crippen LogP contribution < -0.4 is 33.4 Å². The molecular weight excluding hydrogens is 823 g/mol. The number of amides is 1. The number of aliphatic hydroxyl groups is 1. The number of hydrogen-bond acceptors (Lipinski definition) is 11. The molecule has 14 nitrogen and oxygen atoms in total. The molecule has 0 bridgehead atoms. The van der Waals surface area contributed by atoms with Crippen LogP contribution in [0.5, 0.6) is 0 Å². The fourth-order valence-electron chi connectivity index (χ4n) is 5.03. The molecule has 0 aliphatic carbocycles. The van der Waals surface area contributed by atoms with Crippen LogP contribution in [0.1, 0.15) is 47.7 Å². The second kappa shape index (κ2) is 16.3. The summed E-state index contributed by atoms with van der Waals surface area (Å²) in [5.41, 5.74) is -0.438. The maximum atomic E-state index is 15.3. The first-order valence-electron chi connectivity index (χ1n) is 14.8. The van der Waals surface area contributed by atoms with E-state index in [1.807, 2.05) is 0 Å². The van der Waals surface area contributed by atoms with Crippen LogP contribution in [0, 0.1) is 23.0 Å². The number of ether oxygens (including phenoxy) is 1. The highest BCUT2D eigenvalue weighted by molar-refractivity contribution is 7.80. The Hall–Kier alpha value is -4.46. The number of nitriles is 1. The van der Waals surface area contributed by atoms with Gasteiger partial charge in [0, 0.05) is 53.3 Å². The Balaban J connectivity index is 0.00000583. The summed E-state index contributed by atoms with van der Waals surface area (Å²) in [7, 11) is -3.42. The smallest absolute Gasteiger partial charge is 0.418 e. The number of thiazole rings is 1. The van der Waals surface area contributed by atoms with E-state index in [1.54, 1.807) is 36.6 Å². The van der Waals surface area contributed by atoms with E-state index in [-0.39, 0.29) is 47.5 Å². The molecule has 1 unspecified atom stereocenters. The van der Waals surface area contributed by atoms with E-state index in [2.05, 4.69) is 25.3 Å². The van der Waals surface area contributed by atoms with Gasteiger partial charge in [0.15, 0.2) is 0 Å². The van der Waals surface area contributed by atoms with Crippen molar-refractivity contribution in [2.75, 3.05) is 11.9 Å². The van der Waals surface area contributed by atoms with Gasteiger partial charge in [0.2, 0.25) is 12.6 Å². The predicted molar refractivity (Wildman–Crippen MR) is 174 cm³/mol. The topological polar surface area (TPSA) is 185 Å². The molecule has 5 aromatic rings. The second-order valence-electron chi connectivity index (χ2n) is 11.1. The van der Waals surface area contributed by atoms with E-state index >= 15 is 4.39 Å². The first-order chi connectivity index (χ1) is 23.7. The molecule has 0 aliphatic heterocycles. The molecule has 2 aromatic carbocycles. The first-order valence-corrected chi connectivity index (χ1v) is 17.0. The van der Waals surface area contributed by atoms with Crippen molar-refractivity contribution in [3.63, 3.8) is 0 Å². The van der Waals surface area contributed by atoms with Crippen LogP contribution >= 0.6 is 11.3 Å². The van der Waals surface area contributed by atoms with Gasteiger partial charge in [0.05, 0.1) is 28.9 Å². The van der Waals surface area contributed by atoms with E-state index in [0.29, 0.717) is 16.3 Å². The molecule has 0 spiro atoms. The molecule has 5 rings (SSSR count). The summed E-state index contributed by atoms with van der Waals surface area (Å²) in [6.07, 6.45) is 2.21. The second-order valence-corrected chi connectivity index (χ2v) is 13.1. The Kier molecular flexibility index (Phi) is 12.5. The van der Waals surface area contributed by atoms with Crippen LogP contribution in [0.15, 0.2) is 78.8 Å². The molecule has 3 aromatic heterocycles. The third-order valence-electron chi connectivity index (χ3n) is 7.83. The van der Waals surface area contributed by atoms with Crippen LogP contribution in [0.25, 0.3) is 11.3 Å². The van der Waals surface area contributed by atoms with Gasteiger partial charge in [-0.3, -0.25) is 9.45 Å². The average molecular weight is 854 g/mol. The van der Waals surface area contributed by atoms with Crippen molar-refractivity contribution in [3.8, 4) is 17.3 Å². The van der Waals surface area contributed by atoms with Crippen molar-refractivity contribution < 1.29 is 69.1 Å². The molecule has 0 saturated carbocycles. The number of anilines is 1. The minimum Gasteiger partial charge on any atom is -1.00 e. The van der Waals surface area contributed by atoms with Crippen molar-refractivity contribution >= 4 is 33.6 Å².